The highest BCUT2D eigenvalue weighted by atomic mass is 16.6. The van der Waals surface area contributed by atoms with Crippen LogP contribution in [0.4, 0.5) is 0 Å². The fourth-order valence-electron chi connectivity index (χ4n) is 5.42. The van der Waals surface area contributed by atoms with Gasteiger partial charge in [-0.15, -0.1) is 0 Å². The Kier molecular flexibility index (Phi) is 5.60. The van der Waals surface area contributed by atoms with E-state index in [1.54, 1.807) is 6.92 Å². The van der Waals surface area contributed by atoms with Crippen molar-refractivity contribution in [1.29, 1.82) is 0 Å². The molecular weight excluding hydrogens is 402 g/mol. The molecule has 0 aliphatic heterocycles. The minimum atomic E-state index is -0.557. The van der Waals surface area contributed by atoms with E-state index in [-0.39, 0.29) is 23.0 Å². The van der Waals surface area contributed by atoms with Gasteiger partial charge in [0.15, 0.2) is 0 Å². The number of nitrogens with zero attached hydrogens (tertiary/aromatic N) is 2. The molecule has 0 saturated heterocycles. The number of rotatable bonds is 3. The Balaban J connectivity index is 1.56. The standard InChI is InChI=1S/C26H33N3O3/c1-15-21(29-22(23(27)30)16(2)28-15)19-6-7-20-18(14-19)10-13-26(20)11-8-17(9-12-26)24(31)32-25(3,4)5/h6-7,14,17H,8-13H2,1-5H3,(H2,27,30)/t17-,26-. The monoisotopic (exact) mass is 435 g/mol. The van der Waals surface area contributed by atoms with Crippen LogP contribution in [-0.2, 0) is 21.4 Å². The molecule has 1 aromatic carbocycles. The Morgan fingerprint density at radius 2 is 1.75 bits per heavy atom. The maximum absolute atomic E-state index is 12.5. The SMILES string of the molecule is Cc1nc(C)c(-c2ccc3c(c2)CC[C@]32CC[C@@H](C(=O)OC(C)(C)C)CC2)nc1C(N)=O. The van der Waals surface area contributed by atoms with Gasteiger partial charge in [-0.2, -0.15) is 0 Å². The normalized spacial score (nSPS) is 22.6. The molecule has 0 atom stereocenters. The zero-order valence-corrected chi connectivity index (χ0v) is 19.7. The van der Waals surface area contributed by atoms with Gasteiger partial charge < -0.3 is 10.5 Å². The van der Waals surface area contributed by atoms with Crippen LogP contribution in [0.2, 0.25) is 0 Å². The van der Waals surface area contributed by atoms with Crippen LogP contribution in [0.1, 0.15) is 85.9 Å². The molecule has 2 aromatic rings. The third kappa shape index (κ3) is 4.15. The highest BCUT2D eigenvalue weighted by molar-refractivity contribution is 5.92. The summed E-state index contributed by atoms with van der Waals surface area (Å²) in [5.41, 5.74) is 11.2. The Morgan fingerprint density at radius 1 is 1.06 bits per heavy atom. The van der Waals surface area contributed by atoms with Crippen molar-refractivity contribution in [3.8, 4) is 11.3 Å². The first kappa shape index (κ1) is 22.4. The second-order valence-electron chi connectivity index (χ2n) is 10.4. The minimum absolute atomic E-state index is 0.000811. The van der Waals surface area contributed by atoms with E-state index in [0.29, 0.717) is 11.4 Å². The van der Waals surface area contributed by atoms with Crippen LogP contribution in [0.25, 0.3) is 11.3 Å². The Bertz CT molecular complexity index is 1080. The summed E-state index contributed by atoms with van der Waals surface area (Å²) in [5, 5.41) is 0. The predicted molar refractivity (Wildman–Crippen MR) is 123 cm³/mol. The summed E-state index contributed by atoms with van der Waals surface area (Å²) >= 11 is 0. The number of carbonyl (C=O) groups excluding carboxylic acids is 2. The molecule has 1 amide bonds. The average Bonchev–Trinajstić information content (AvgIpc) is 3.04. The molecule has 6 heteroatoms. The van der Waals surface area contributed by atoms with E-state index < -0.39 is 11.5 Å². The number of aryl methyl sites for hydroxylation is 3. The van der Waals surface area contributed by atoms with Gasteiger partial charge >= 0.3 is 5.97 Å². The minimum Gasteiger partial charge on any atom is -0.460 e. The fraction of sp³-hybridized carbons (Fsp3) is 0.538. The smallest absolute Gasteiger partial charge is 0.309 e. The molecule has 1 heterocycles. The number of fused-ring (bicyclic) bond motifs is 2. The van der Waals surface area contributed by atoms with Crippen LogP contribution in [0, 0.1) is 19.8 Å². The third-order valence-corrected chi connectivity index (χ3v) is 6.98. The summed E-state index contributed by atoms with van der Waals surface area (Å²) in [6, 6.07) is 6.50. The highest BCUT2D eigenvalue weighted by Gasteiger charge is 2.43. The second kappa shape index (κ2) is 7.98. The molecule has 2 N–H and O–H groups in total. The lowest BCUT2D eigenvalue weighted by Crippen LogP contribution is -2.35. The van der Waals surface area contributed by atoms with Crippen LogP contribution in [0.3, 0.4) is 0 Å². The number of aromatic nitrogens is 2. The molecule has 0 bridgehead atoms. The summed E-state index contributed by atoms with van der Waals surface area (Å²) in [6.07, 6.45) is 5.90. The zero-order chi connectivity index (χ0) is 23.3. The number of carbonyl (C=O) groups is 2. The topological polar surface area (TPSA) is 95.2 Å². The number of esters is 1. The Labute approximate surface area is 190 Å². The number of nitrogens with two attached hydrogens (primary N) is 1. The molecular formula is C26H33N3O3. The van der Waals surface area contributed by atoms with Gasteiger partial charge in [0.25, 0.3) is 5.91 Å². The van der Waals surface area contributed by atoms with Crippen LogP contribution >= 0.6 is 0 Å². The maximum Gasteiger partial charge on any atom is 0.309 e. The van der Waals surface area contributed by atoms with Crippen LogP contribution in [0.5, 0.6) is 0 Å². The van der Waals surface area contributed by atoms with Gasteiger partial charge in [-0.05, 0) is 95.8 Å². The Morgan fingerprint density at radius 3 is 2.38 bits per heavy atom. The van der Waals surface area contributed by atoms with Crippen molar-refractivity contribution in [3.05, 3.63) is 46.4 Å². The van der Waals surface area contributed by atoms with E-state index >= 15 is 0 Å². The van der Waals surface area contributed by atoms with E-state index in [1.807, 2.05) is 27.7 Å². The van der Waals surface area contributed by atoms with E-state index in [2.05, 4.69) is 28.2 Å². The molecule has 1 fully saturated rings. The number of primary amides is 1. The van der Waals surface area contributed by atoms with Gasteiger partial charge in [-0.25, -0.2) is 4.98 Å². The van der Waals surface area contributed by atoms with Crippen LogP contribution in [-0.4, -0.2) is 27.4 Å². The van der Waals surface area contributed by atoms with E-state index in [0.717, 1.165) is 49.8 Å². The van der Waals surface area contributed by atoms with Gasteiger partial charge in [-0.3, -0.25) is 14.6 Å². The summed E-state index contributed by atoms with van der Waals surface area (Å²) < 4.78 is 5.62. The van der Waals surface area contributed by atoms with Gasteiger partial charge in [0, 0.05) is 5.56 Å². The fourth-order valence-corrected chi connectivity index (χ4v) is 5.42. The van der Waals surface area contributed by atoms with Crippen molar-refractivity contribution < 1.29 is 14.3 Å². The van der Waals surface area contributed by atoms with Crippen molar-refractivity contribution in [2.24, 2.45) is 11.7 Å². The molecule has 6 nitrogen and oxygen atoms in total. The summed E-state index contributed by atoms with van der Waals surface area (Å²) in [4.78, 5) is 33.3. The average molecular weight is 436 g/mol. The predicted octanol–water partition coefficient (Wildman–Crippen LogP) is 4.58. The van der Waals surface area contributed by atoms with Gasteiger partial charge in [0.2, 0.25) is 0 Å². The van der Waals surface area contributed by atoms with Crippen molar-refractivity contribution in [1.82, 2.24) is 9.97 Å². The highest BCUT2D eigenvalue weighted by Crippen LogP contribution is 2.50. The maximum atomic E-state index is 12.5. The lowest BCUT2D eigenvalue weighted by atomic mass is 9.67. The van der Waals surface area contributed by atoms with E-state index in [1.165, 1.54) is 11.1 Å². The van der Waals surface area contributed by atoms with Crippen molar-refractivity contribution in [2.45, 2.75) is 84.2 Å². The lowest BCUT2D eigenvalue weighted by Gasteiger charge is -2.38. The summed E-state index contributed by atoms with van der Waals surface area (Å²) in [7, 11) is 0. The van der Waals surface area contributed by atoms with Gasteiger partial charge in [0.05, 0.1) is 23.0 Å². The molecule has 2 aliphatic rings. The molecule has 32 heavy (non-hydrogen) atoms. The van der Waals surface area contributed by atoms with Crippen molar-refractivity contribution in [2.75, 3.05) is 0 Å². The Hall–Kier alpha value is -2.76. The number of benzene rings is 1. The molecule has 0 radical (unpaired) electrons. The first-order valence-corrected chi connectivity index (χ1v) is 11.5. The second-order valence-corrected chi connectivity index (χ2v) is 10.4. The molecule has 1 aromatic heterocycles. The van der Waals surface area contributed by atoms with Crippen molar-refractivity contribution >= 4 is 11.9 Å². The number of amides is 1. The summed E-state index contributed by atoms with van der Waals surface area (Å²) in [5.74, 6) is -0.612. The van der Waals surface area contributed by atoms with Crippen LogP contribution in [0.15, 0.2) is 18.2 Å². The molecule has 170 valence electrons. The lowest BCUT2D eigenvalue weighted by molar-refractivity contribution is -0.161. The zero-order valence-electron chi connectivity index (χ0n) is 19.7. The first-order valence-electron chi connectivity index (χ1n) is 11.5. The van der Waals surface area contributed by atoms with Gasteiger partial charge in [-0.1, -0.05) is 12.1 Å². The summed E-state index contributed by atoms with van der Waals surface area (Å²) in [6.45, 7) is 9.43. The van der Waals surface area contributed by atoms with E-state index in [4.69, 9.17) is 10.5 Å². The van der Waals surface area contributed by atoms with Gasteiger partial charge in [0.1, 0.15) is 11.3 Å². The molecule has 0 unspecified atom stereocenters. The number of hydrogen-bond acceptors (Lipinski definition) is 5. The number of hydrogen-bond donors (Lipinski definition) is 1. The first-order chi connectivity index (χ1) is 15.0. The molecule has 2 aliphatic carbocycles. The number of ether oxygens (including phenoxy) is 1. The van der Waals surface area contributed by atoms with E-state index in [9.17, 15) is 9.59 Å². The van der Waals surface area contributed by atoms with Crippen LogP contribution < -0.4 is 5.73 Å². The molecule has 1 spiro atoms. The quantitative estimate of drug-likeness (QED) is 0.712. The third-order valence-electron chi connectivity index (χ3n) is 6.98. The molecule has 1 saturated carbocycles. The largest absolute Gasteiger partial charge is 0.460 e. The van der Waals surface area contributed by atoms with Crippen molar-refractivity contribution in [3.63, 3.8) is 0 Å². The molecule has 4 rings (SSSR count).